The van der Waals surface area contributed by atoms with Crippen molar-refractivity contribution in [3.8, 4) is 0 Å². The van der Waals surface area contributed by atoms with Crippen LogP contribution in [0.1, 0.15) is 34.9 Å². The molecule has 0 spiro atoms. The van der Waals surface area contributed by atoms with Gasteiger partial charge in [-0.1, -0.05) is 11.6 Å². The largest absolute Gasteiger partial charge is 0.477 e. The minimum atomic E-state index is -3.69. The number of aromatic nitrogens is 2. The van der Waals surface area contributed by atoms with Gasteiger partial charge in [0.05, 0.1) is 4.90 Å². The Morgan fingerprint density at radius 2 is 2.00 bits per heavy atom. The van der Waals surface area contributed by atoms with E-state index in [1.54, 1.807) is 0 Å². The molecule has 1 unspecified atom stereocenters. The van der Waals surface area contributed by atoms with Crippen LogP contribution in [0.15, 0.2) is 40.2 Å². The Labute approximate surface area is 154 Å². The van der Waals surface area contributed by atoms with E-state index in [9.17, 15) is 18.0 Å². The van der Waals surface area contributed by atoms with E-state index in [0.29, 0.717) is 24.4 Å². The number of halogens is 1. The van der Waals surface area contributed by atoms with Crippen molar-refractivity contribution in [2.45, 2.75) is 23.7 Å². The lowest BCUT2D eigenvalue weighted by molar-refractivity contribution is 0.0694. The Hall–Kier alpha value is -2.23. The molecule has 138 valence electrons. The summed E-state index contributed by atoms with van der Waals surface area (Å²) in [5.74, 6) is -1.39. The number of benzene rings is 1. The Bertz CT molecular complexity index is 988. The summed E-state index contributed by atoms with van der Waals surface area (Å²) < 4.78 is 26.9. The zero-order valence-corrected chi connectivity index (χ0v) is 15.1. The van der Waals surface area contributed by atoms with E-state index < -0.39 is 27.1 Å². The van der Waals surface area contributed by atoms with Crippen molar-refractivity contribution in [1.82, 2.24) is 14.3 Å². The third kappa shape index (κ3) is 3.64. The third-order valence-electron chi connectivity index (χ3n) is 4.27. The molecule has 2 N–H and O–H groups in total. The molecular formula is C16H16ClN3O5S. The van der Waals surface area contributed by atoms with Crippen LogP contribution in [0.5, 0.6) is 0 Å². The van der Waals surface area contributed by atoms with E-state index in [0.717, 1.165) is 6.20 Å². The fraction of sp³-hybridized carbons (Fsp3) is 0.312. The second-order valence-corrected chi connectivity index (χ2v) is 8.35. The molecule has 0 radical (unpaired) electrons. The first-order valence-corrected chi connectivity index (χ1v) is 9.69. The van der Waals surface area contributed by atoms with Crippen molar-refractivity contribution in [3.63, 3.8) is 0 Å². The summed E-state index contributed by atoms with van der Waals surface area (Å²) in [5, 5.41) is 9.35. The van der Waals surface area contributed by atoms with Crippen molar-refractivity contribution in [2.24, 2.45) is 0 Å². The predicted octanol–water partition coefficient (Wildman–Crippen LogP) is 1.69. The maximum absolute atomic E-state index is 12.8. The van der Waals surface area contributed by atoms with Gasteiger partial charge >= 0.3 is 5.97 Å². The van der Waals surface area contributed by atoms with Crippen molar-refractivity contribution in [3.05, 3.63) is 57.2 Å². The quantitative estimate of drug-likeness (QED) is 0.809. The van der Waals surface area contributed by atoms with Crippen LogP contribution in [-0.2, 0) is 10.0 Å². The highest BCUT2D eigenvalue weighted by molar-refractivity contribution is 7.89. The molecule has 8 nitrogen and oxygen atoms in total. The van der Waals surface area contributed by atoms with Gasteiger partial charge in [-0.25, -0.2) is 18.2 Å². The fourth-order valence-corrected chi connectivity index (χ4v) is 4.56. The molecule has 1 saturated heterocycles. The molecule has 1 fully saturated rings. The summed E-state index contributed by atoms with van der Waals surface area (Å²) in [6.07, 6.45) is 2.24. The zero-order valence-electron chi connectivity index (χ0n) is 13.6. The molecule has 1 aliphatic rings. The third-order valence-corrected chi connectivity index (χ3v) is 6.40. The number of H-pyrrole nitrogens is 1. The molecule has 0 bridgehead atoms. The molecule has 10 heteroatoms. The van der Waals surface area contributed by atoms with E-state index in [2.05, 4.69) is 9.97 Å². The molecule has 1 atom stereocenters. The Morgan fingerprint density at radius 1 is 1.31 bits per heavy atom. The summed E-state index contributed by atoms with van der Waals surface area (Å²) in [6.45, 7) is 0.513. The van der Waals surface area contributed by atoms with Crippen molar-refractivity contribution < 1.29 is 18.3 Å². The van der Waals surface area contributed by atoms with E-state index in [-0.39, 0.29) is 23.2 Å². The van der Waals surface area contributed by atoms with Gasteiger partial charge in [0.15, 0.2) is 0 Å². The van der Waals surface area contributed by atoms with Crippen LogP contribution >= 0.6 is 11.6 Å². The van der Waals surface area contributed by atoms with E-state index in [1.807, 2.05) is 0 Å². The van der Waals surface area contributed by atoms with E-state index >= 15 is 0 Å². The normalized spacial score (nSPS) is 18.6. The van der Waals surface area contributed by atoms with Crippen LogP contribution in [0.2, 0.25) is 5.02 Å². The fourth-order valence-electron chi connectivity index (χ4n) is 2.91. The highest BCUT2D eigenvalue weighted by Crippen LogP contribution is 2.28. The van der Waals surface area contributed by atoms with Gasteiger partial charge in [0.25, 0.3) is 5.56 Å². The first-order chi connectivity index (χ1) is 12.3. The molecule has 1 aliphatic heterocycles. The summed E-state index contributed by atoms with van der Waals surface area (Å²) in [4.78, 5) is 29.4. The van der Waals surface area contributed by atoms with Gasteiger partial charge in [-0.2, -0.15) is 4.31 Å². The molecule has 0 saturated carbocycles. The average Bonchev–Trinajstić information content (AvgIpc) is 2.62. The predicted molar refractivity (Wildman–Crippen MR) is 94.0 cm³/mol. The number of aromatic carboxylic acids is 1. The smallest absolute Gasteiger partial charge is 0.342 e. The van der Waals surface area contributed by atoms with Crippen molar-refractivity contribution in [2.75, 3.05) is 13.1 Å². The van der Waals surface area contributed by atoms with Gasteiger partial charge in [0.1, 0.15) is 11.4 Å². The number of carboxylic acids is 1. The summed E-state index contributed by atoms with van der Waals surface area (Å²) in [5.41, 5.74) is -1.20. The number of sulfonamides is 1. The zero-order chi connectivity index (χ0) is 18.9. The summed E-state index contributed by atoms with van der Waals surface area (Å²) in [7, 11) is -3.69. The number of rotatable bonds is 4. The highest BCUT2D eigenvalue weighted by Gasteiger charge is 2.32. The molecule has 0 aliphatic carbocycles. The van der Waals surface area contributed by atoms with Crippen LogP contribution in [0.3, 0.4) is 0 Å². The minimum Gasteiger partial charge on any atom is -0.477 e. The van der Waals surface area contributed by atoms with Crippen molar-refractivity contribution >= 4 is 27.6 Å². The molecule has 1 aromatic carbocycles. The van der Waals surface area contributed by atoms with Gasteiger partial charge in [-0.15, -0.1) is 0 Å². The number of carboxylic acid groups (broad SMARTS) is 1. The maximum atomic E-state index is 12.8. The molecule has 2 aromatic rings. The lowest BCUT2D eigenvalue weighted by Crippen LogP contribution is -2.40. The second-order valence-electron chi connectivity index (χ2n) is 5.97. The second kappa shape index (κ2) is 7.18. The number of piperidine rings is 1. The van der Waals surface area contributed by atoms with E-state index in [1.165, 1.54) is 28.6 Å². The van der Waals surface area contributed by atoms with Gasteiger partial charge in [0.2, 0.25) is 10.0 Å². The molecule has 0 amide bonds. The first-order valence-electron chi connectivity index (χ1n) is 7.87. The van der Waals surface area contributed by atoms with Crippen LogP contribution in [0.25, 0.3) is 0 Å². The maximum Gasteiger partial charge on any atom is 0.342 e. The number of hydrogen-bond donors (Lipinski definition) is 2. The number of nitrogens with one attached hydrogen (secondary N) is 1. The first kappa shape index (κ1) is 18.6. The van der Waals surface area contributed by atoms with Crippen LogP contribution in [0, 0.1) is 0 Å². The Balaban J connectivity index is 1.85. The lowest BCUT2D eigenvalue weighted by Gasteiger charge is -2.31. The highest BCUT2D eigenvalue weighted by atomic mass is 35.5. The van der Waals surface area contributed by atoms with Crippen molar-refractivity contribution in [1.29, 1.82) is 0 Å². The number of carbonyl (C=O) groups is 1. The summed E-state index contributed by atoms with van der Waals surface area (Å²) in [6, 6.07) is 5.92. The SMILES string of the molecule is O=C(O)c1cnc(C2CCCN(S(=O)(=O)c3ccc(Cl)cc3)C2)[nH]c1=O. The topological polar surface area (TPSA) is 120 Å². The Kier molecular flexibility index (Phi) is 5.12. The monoisotopic (exact) mass is 397 g/mol. The van der Waals surface area contributed by atoms with Gasteiger partial charge in [-0.3, -0.25) is 4.79 Å². The standard InChI is InChI=1S/C16H16ClN3O5S/c17-11-3-5-12(6-4-11)26(24,25)20-7-1-2-10(9-20)14-18-8-13(16(22)23)15(21)19-14/h3-6,8,10H,1-2,7,9H2,(H,22,23)(H,18,19,21). The number of hydrogen-bond acceptors (Lipinski definition) is 5. The number of nitrogens with zero attached hydrogens (tertiary/aromatic N) is 2. The van der Waals surface area contributed by atoms with Crippen LogP contribution in [-0.4, -0.2) is 46.9 Å². The molecule has 3 rings (SSSR count). The van der Waals surface area contributed by atoms with Gasteiger partial charge in [0, 0.05) is 30.2 Å². The van der Waals surface area contributed by atoms with Gasteiger partial charge in [-0.05, 0) is 37.1 Å². The minimum absolute atomic E-state index is 0.144. The number of aromatic amines is 1. The molecule has 2 heterocycles. The molecular weight excluding hydrogens is 382 g/mol. The average molecular weight is 398 g/mol. The Morgan fingerprint density at radius 3 is 2.62 bits per heavy atom. The summed E-state index contributed by atoms with van der Waals surface area (Å²) >= 11 is 5.81. The van der Waals surface area contributed by atoms with Crippen LogP contribution in [0.4, 0.5) is 0 Å². The van der Waals surface area contributed by atoms with Crippen LogP contribution < -0.4 is 5.56 Å². The molecule has 26 heavy (non-hydrogen) atoms. The molecule has 1 aromatic heterocycles. The van der Waals surface area contributed by atoms with E-state index in [4.69, 9.17) is 16.7 Å². The lowest BCUT2D eigenvalue weighted by atomic mass is 9.99. The van der Waals surface area contributed by atoms with Gasteiger partial charge < -0.3 is 10.1 Å².